The number of furan rings is 1. The van der Waals surface area contributed by atoms with Gasteiger partial charge in [0.05, 0.1) is 19.3 Å². The number of likely N-dealkylation sites (tertiary alicyclic amines) is 1. The minimum absolute atomic E-state index is 0.0161. The van der Waals surface area contributed by atoms with E-state index in [2.05, 4.69) is 5.32 Å². The van der Waals surface area contributed by atoms with Gasteiger partial charge in [-0.05, 0) is 46.6 Å². The van der Waals surface area contributed by atoms with Crippen LogP contribution in [0.4, 0.5) is 4.79 Å². The molecule has 0 spiro atoms. The van der Waals surface area contributed by atoms with Crippen LogP contribution in [0.5, 0.6) is 0 Å². The highest BCUT2D eigenvalue weighted by atomic mass is 16.7. The van der Waals surface area contributed by atoms with Crippen LogP contribution in [-0.4, -0.2) is 43.0 Å². The second kappa shape index (κ2) is 6.76. The molecule has 6 heteroatoms. The van der Waals surface area contributed by atoms with Gasteiger partial charge in [0.1, 0.15) is 11.5 Å². The van der Waals surface area contributed by atoms with Crippen LogP contribution in [0.25, 0.3) is 0 Å². The summed E-state index contributed by atoms with van der Waals surface area (Å²) in [5.41, 5.74) is 1.04. The van der Waals surface area contributed by atoms with Crippen LogP contribution >= 0.6 is 0 Å². The van der Waals surface area contributed by atoms with Crippen molar-refractivity contribution in [2.75, 3.05) is 26.3 Å². The number of hydrogen-bond acceptors (Lipinski definition) is 4. The molecule has 2 aliphatic heterocycles. The fraction of sp³-hybridized carbons (Fsp3) is 0.722. The largest absolute Gasteiger partial charge is 0.466 e. The van der Waals surface area contributed by atoms with Gasteiger partial charge in [-0.3, -0.25) is 0 Å². The van der Waals surface area contributed by atoms with E-state index in [1.807, 2.05) is 38.7 Å². The van der Waals surface area contributed by atoms with Crippen molar-refractivity contribution >= 4 is 6.03 Å². The van der Waals surface area contributed by atoms with E-state index in [9.17, 15) is 4.79 Å². The van der Waals surface area contributed by atoms with Crippen LogP contribution in [-0.2, 0) is 9.47 Å². The van der Waals surface area contributed by atoms with E-state index < -0.39 is 5.79 Å². The lowest BCUT2D eigenvalue weighted by Gasteiger charge is -2.39. The maximum absolute atomic E-state index is 12.5. The third-order valence-corrected chi connectivity index (χ3v) is 5.27. The van der Waals surface area contributed by atoms with Gasteiger partial charge in [-0.2, -0.15) is 0 Å². The van der Waals surface area contributed by atoms with Gasteiger partial charge in [0.2, 0.25) is 0 Å². The molecule has 2 amide bonds. The van der Waals surface area contributed by atoms with Crippen LogP contribution in [0, 0.1) is 19.8 Å². The molecule has 0 saturated carbocycles. The predicted molar refractivity (Wildman–Crippen MR) is 89.7 cm³/mol. The first-order valence-electron chi connectivity index (χ1n) is 8.79. The van der Waals surface area contributed by atoms with Crippen molar-refractivity contribution in [3.8, 4) is 0 Å². The molecule has 0 aromatic carbocycles. The van der Waals surface area contributed by atoms with Crippen LogP contribution in [0.2, 0.25) is 0 Å². The Balaban J connectivity index is 1.52. The lowest BCUT2D eigenvalue weighted by Crippen LogP contribution is -2.49. The topological polar surface area (TPSA) is 63.9 Å². The van der Waals surface area contributed by atoms with Crippen molar-refractivity contribution in [2.24, 2.45) is 5.92 Å². The number of hydrogen-bond donors (Lipinski definition) is 1. The van der Waals surface area contributed by atoms with E-state index in [4.69, 9.17) is 13.9 Å². The summed E-state index contributed by atoms with van der Waals surface area (Å²) in [6.45, 7) is 10.7. The minimum atomic E-state index is -0.471. The summed E-state index contributed by atoms with van der Waals surface area (Å²) in [6, 6.07) is 1.91. The summed E-state index contributed by atoms with van der Waals surface area (Å²) in [7, 11) is 0. The van der Waals surface area contributed by atoms with Gasteiger partial charge >= 0.3 is 6.03 Å². The number of urea groups is 1. The summed E-state index contributed by atoms with van der Waals surface area (Å²) < 4.78 is 17.1. The van der Waals surface area contributed by atoms with E-state index in [0.717, 1.165) is 43.0 Å². The fourth-order valence-corrected chi connectivity index (χ4v) is 3.81. The second-order valence-electron chi connectivity index (χ2n) is 7.01. The van der Waals surface area contributed by atoms with E-state index in [-0.39, 0.29) is 12.1 Å². The van der Waals surface area contributed by atoms with E-state index in [0.29, 0.717) is 19.1 Å². The zero-order valence-electron chi connectivity index (χ0n) is 15.1. The molecule has 134 valence electrons. The molecular formula is C18H28N2O4. The van der Waals surface area contributed by atoms with E-state index in [1.165, 1.54) is 0 Å². The summed E-state index contributed by atoms with van der Waals surface area (Å²) >= 11 is 0. The van der Waals surface area contributed by atoms with Crippen LogP contribution < -0.4 is 5.32 Å². The monoisotopic (exact) mass is 336 g/mol. The summed E-state index contributed by atoms with van der Waals surface area (Å²) in [5, 5.41) is 3.08. The average molecular weight is 336 g/mol. The molecule has 2 aliphatic rings. The molecule has 1 aromatic rings. The quantitative estimate of drug-likeness (QED) is 0.921. The highest BCUT2D eigenvalue weighted by Crippen LogP contribution is 2.35. The Labute approximate surface area is 143 Å². The van der Waals surface area contributed by atoms with Gasteiger partial charge in [0.25, 0.3) is 0 Å². The smallest absolute Gasteiger partial charge is 0.317 e. The number of rotatable bonds is 3. The van der Waals surface area contributed by atoms with Gasteiger partial charge in [-0.1, -0.05) is 0 Å². The molecule has 0 bridgehead atoms. The first-order chi connectivity index (χ1) is 11.4. The Morgan fingerprint density at radius 1 is 1.29 bits per heavy atom. The SMILES string of the molecule is Cc1cc(C(C)NC(=O)N2CCC(C3(C)OCCO3)CC2)c(C)o1. The van der Waals surface area contributed by atoms with Crippen molar-refractivity contribution in [3.05, 3.63) is 23.2 Å². The number of ether oxygens (including phenoxy) is 2. The molecule has 0 aliphatic carbocycles. The van der Waals surface area contributed by atoms with Crippen LogP contribution in [0.3, 0.4) is 0 Å². The molecule has 2 fully saturated rings. The zero-order chi connectivity index (χ0) is 17.3. The normalized spacial score (nSPS) is 22.6. The number of carbonyl (C=O) groups excluding carboxylic acids is 1. The molecule has 3 heterocycles. The molecule has 0 radical (unpaired) electrons. The maximum Gasteiger partial charge on any atom is 0.317 e. The number of piperidine rings is 1. The standard InChI is InChI=1S/C18H28N2O4/c1-12-11-16(14(3)24-12)13(2)19-17(21)20-7-5-15(6-8-20)18(4)22-9-10-23-18/h11,13,15H,5-10H2,1-4H3,(H,19,21). The third-order valence-electron chi connectivity index (χ3n) is 5.27. The van der Waals surface area contributed by atoms with Gasteiger partial charge in [-0.25, -0.2) is 4.79 Å². The van der Waals surface area contributed by atoms with Crippen molar-refractivity contribution in [1.82, 2.24) is 10.2 Å². The Kier molecular flexibility index (Phi) is 4.88. The average Bonchev–Trinajstić information content (AvgIpc) is 3.14. The highest BCUT2D eigenvalue weighted by molar-refractivity contribution is 5.74. The third kappa shape index (κ3) is 3.44. The van der Waals surface area contributed by atoms with Gasteiger partial charge in [0, 0.05) is 24.6 Å². The fourth-order valence-electron chi connectivity index (χ4n) is 3.81. The summed E-state index contributed by atoms with van der Waals surface area (Å²) in [6.07, 6.45) is 1.81. The Morgan fingerprint density at radius 3 is 2.46 bits per heavy atom. The molecule has 1 aromatic heterocycles. The predicted octanol–water partition coefficient (Wildman–Crippen LogP) is 3.14. The van der Waals surface area contributed by atoms with Crippen molar-refractivity contribution in [3.63, 3.8) is 0 Å². The first kappa shape index (κ1) is 17.3. The second-order valence-corrected chi connectivity index (χ2v) is 7.01. The van der Waals surface area contributed by atoms with Crippen molar-refractivity contribution in [1.29, 1.82) is 0 Å². The number of aryl methyl sites for hydroxylation is 2. The first-order valence-corrected chi connectivity index (χ1v) is 8.79. The number of nitrogens with one attached hydrogen (secondary N) is 1. The van der Waals surface area contributed by atoms with Crippen LogP contribution in [0.15, 0.2) is 10.5 Å². The number of amides is 2. The molecule has 6 nitrogen and oxygen atoms in total. The van der Waals surface area contributed by atoms with Gasteiger partial charge < -0.3 is 24.1 Å². The Morgan fingerprint density at radius 2 is 1.92 bits per heavy atom. The Bertz CT molecular complexity index is 584. The molecule has 3 rings (SSSR count). The zero-order valence-corrected chi connectivity index (χ0v) is 15.1. The lowest BCUT2D eigenvalue weighted by atomic mass is 9.89. The van der Waals surface area contributed by atoms with E-state index >= 15 is 0 Å². The summed E-state index contributed by atoms with van der Waals surface area (Å²) in [4.78, 5) is 14.4. The van der Waals surface area contributed by atoms with Gasteiger partial charge in [-0.15, -0.1) is 0 Å². The molecule has 1 N–H and O–H groups in total. The van der Waals surface area contributed by atoms with Crippen LogP contribution in [0.1, 0.15) is 49.8 Å². The Hall–Kier alpha value is -1.53. The highest BCUT2D eigenvalue weighted by Gasteiger charge is 2.41. The maximum atomic E-state index is 12.5. The van der Waals surface area contributed by atoms with E-state index in [1.54, 1.807) is 0 Å². The number of nitrogens with zero attached hydrogens (tertiary/aromatic N) is 1. The van der Waals surface area contributed by atoms with Gasteiger partial charge in [0.15, 0.2) is 5.79 Å². The van der Waals surface area contributed by atoms with Crippen molar-refractivity contribution < 1.29 is 18.7 Å². The number of carbonyl (C=O) groups is 1. The minimum Gasteiger partial charge on any atom is -0.466 e. The lowest BCUT2D eigenvalue weighted by molar-refractivity contribution is -0.189. The van der Waals surface area contributed by atoms with Crippen molar-refractivity contribution in [2.45, 2.75) is 52.4 Å². The summed E-state index contributed by atoms with van der Waals surface area (Å²) in [5.74, 6) is 1.61. The molecule has 1 unspecified atom stereocenters. The molecule has 2 saturated heterocycles. The molecule has 1 atom stereocenters. The molecule has 24 heavy (non-hydrogen) atoms. The molecular weight excluding hydrogens is 308 g/mol.